The van der Waals surface area contributed by atoms with Crippen LogP contribution in [0.3, 0.4) is 0 Å². The zero-order valence-corrected chi connectivity index (χ0v) is 9.78. The smallest absolute Gasteiger partial charge is 0.411 e. The average Bonchev–Trinajstić information content (AvgIpc) is 2.60. The zero-order valence-electron chi connectivity index (χ0n) is 9.78. The van der Waals surface area contributed by atoms with Gasteiger partial charge in [0.2, 0.25) is 0 Å². The largest absolute Gasteiger partial charge is 0.453 e. The number of carbonyl (C=O) groups is 1. The molecule has 1 aliphatic heterocycles. The Morgan fingerprint density at radius 3 is 2.60 bits per heavy atom. The minimum absolute atomic E-state index is 0.323. The monoisotopic (exact) mass is 217 g/mol. The highest BCUT2D eigenvalue weighted by atomic mass is 17.2. The van der Waals surface area contributed by atoms with Crippen LogP contribution in [0.15, 0.2) is 0 Å². The number of ether oxygens (including phenoxy) is 1. The third-order valence-corrected chi connectivity index (χ3v) is 2.02. The van der Waals surface area contributed by atoms with Crippen molar-refractivity contribution in [2.24, 2.45) is 0 Å². The van der Waals surface area contributed by atoms with E-state index in [2.05, 4.69) is 4.74 Å². The number of methoxy groups -OCH3 is 1. The number of rotatable bonds is 2. The number of likely N-dealkylation sites (tertiary alicyclic amines) is 1. The van der Waals surface area contributed by atoms with Crippen LogP contribution in [0.5, 0.6) is 0 Å². The number of carbonyl (C=O) groups excluding carboxylic acids is 1. The summed E-state index contributed by atoms with van der Waals surface area (Å²) >= 11 is 0. The van der Waals surface area contributed by atoms with Gasteiger partial charge in [-0.25, -0.2) is 14.6 Å². The van der Waals surface area contributed by atoms with E-state index in [1.54, 1.807) is 0 Å². The molecule has 0 aromatic rings. The Bertz CT molecular complexity index is 224. The van der Waals surface area contributed by atoms with Crippen LogP contribution in [0.2, 0.25) is 0 Å². The fourth-order valence-corrected chi connectivity index (χ4v) is 1.36. The quantitative estimate of drug-likeness (QED) is 0.523. The molecule has 1 fully saturated rings. The Balaban J connectivity index is 2.43. The van der Waals surface area contributed by atoms with Crippen LogP contribution in [-0.4, -0.2) is 36.5 Å². The van der Waals surface area contributed by atoms with Crippen molar-refractivity contribution in [3.8, 4) is 0 Å². The maximum Gasteiger partial charge on any atom is 0.411 e. The molecule has 0 radical (unpaired) electrons. The zero-order chi connectivity index (χ0) is 11.5. The highest BCUT2D eigenvalue weighted by Gasteiger charge is 2.32. The first kappa shape index (κ1) is 12.3. The normalized spacial score (nSPS) is 21.9. The maximum absolute atomic E-state index is 11.3. The number of hydrogen-bond acceptors (Lipinski definition) is 4. The summed E-state index contributed by atoms with van der Waals surface area (Å²) in [4.78, 5) is 23.3. The lowest BCUT2D eigenvalue weighted by Crippen LogP contribution is -2.38. The Morgan fingerprint density at radius 2 is 2.07 bits per heavy atom. The Kier molecular flexibility index (Phi) is 3.93. The highest BCUT2D eigenvalue weighted by Crippen LogP contribution is 2.21. The van der Waals surface area contributed by atoms with Crippen LogP contribution < -0.4 is 0 Å². The van der Waals surface area contributed by atoms with Gasteiger partial charge in [0.1, 0.15) is 0 Å². The first-order valence-electron chi connectivity index (χ1n) is 5.13. The SMILES string of the molecule is COC(=O)N1CCCC1OOC(C)(C)C. The van der Waals surface area contributed by atoms with Gasteiger partial charge >= 0.3 is 6.09 Å². The molecule has 88 valence electrons. The van der Waals surface area contributed by atoms with Crippen molar-refractivity contribution in [1.82, 2.24) is 4.90 Å². The van der Waals surface area contributed by atoms with Crippen molar-refractivity contribution in [1.29, 1.82) is 0 Å². The third-order valence-electron chi connectivity index (χ3n) is 2.02. The molecule has 0 N–H and O–H groups in total. The molecule has 1 rings (SSSR count). The molecule has 0 aromatic carbocycles. The molecular formula is C10H19NO4. The number of hydrogen-bond donors (Lipinski definition) is 0. The summed E-state index contributed by atoms with van der Waals surface area (Å²) in [7, 11) is 1.36. The molecule has 5 nitrogen and oxygen atoms in total. The van der Waals surface area contributed by atoms with Crippen LogP contribution in [-0.2, 0) is 14.5 Å². The van der Waals surface area contributed by atoms with E-state index in [1.165, 1.54) is 12.0 Å². The summed E-state index contributed by atoms with van der Waals surface area (Å²) in [5.74, 6) is 0. The summed E-state index contributed by atoms with van der Waals surface area (Å²) in [5, 5.41) is 0. The molecule has 0 bridgehead atoms. The first-order chi connectivity index (χ1) is 6.94. The third kappa shape index (κ3) is 3.68. The second-order valence-corrected chi connectivity index (χ2v) is 4.55. The Hall–Kier alpha value is -0.810. The molecule has 15 heavy (non-hydrogen) atoms. The van der Waals surface area contributed by atoms with Crippen LogP contribution in [0.1, 0.15) is 33.6 Å². The van der Waals surface area contributed by atoms with Crippen LogP contribution in [0.4, 0.5) is 4.79 Å². The Morgan fingerprint density at radius 1 is 1.40 bits per heavy atom. The highest BCUT2D eigenvalue weighted by molar-refractivity contribution is 5.67. The number of amides is 1. The van der Waals surface area contributed by atoms with Crippen LogP contribution >= 0.6 is 0 Å². The molecule has 0 aromatic heterocycles. The van der Waals surface area contributed by atoms with Gasteiger partial charge in [-0.2, -0.15) is 0 Å². The van der Waals surface area contributed by atoms with E-state index in [4.69, 9.17) is 9.78 Å². The summed E-state index contributed by atoms with van der Waals surface area (Å²) in [6, 6.07) is 0. The lowest BCUT2D eigenvalue weighted by atomic mass is 10.2. The van der Waals surface area contributed by atoms with Crippen LogP contribution in [0.25, 0.3) is 0 Å². The van der Waals surface area contributed by atoms with E-state index in [1.807, 2.05) is 20.8 Å². The molecule has 5 heteroatoms. The predicted molar refractivity (Wildman–Crippen MR) is 54.1 cm³/mol. The van der Waals surface area contributed by atoms with Crippen molar-refractivity contribution in [3.63, 3.8) is 0 Å². The van der Waals surface area contributed by atoms with Gasteiger partial charge in [0.05, 0.1) is 12.7 Å². The lowest BCUT2D eigenvalue weighted by Gasteiger charge is -2.26. The molecule has 1 amide bonds. The molecule has 1 atom stereocenters. The van der Waals surface area contributed by atoms with Crippen molar-refractivity contribution in [3.05, 3.63) is 0 Å². The lowest BCUT2D eigenvalue weighted by molar-refractivity contribution is -0.386. The van der Waals surface area contributed by atoms with Gasteiger partial charge in [-0.1, -0.05) is 0 Å². The van der Waals surface area contributed by atoms with Crippen molar-refractivity contribution in [2.75, 3.05) is 13.7 Å². The minimum atomic E-state index is -0.371. The summed E-state index contributed by atoms with van der Waals surface area (Å²) in [6.45, 7) is 6.34. The minimum Gasteiger partial charge on any atom is -0.453 e. The van der Waals surface area contributed by atoms with Crippen LogP contribution in [0, 0.1) is 0 Å². The van der Waals surface area contributed by atoms with Gasteiger partial charge < -0.3 is 4.74 Å². The van der Waals surface area contributed by atoms with E-state index < -0.39 is 0 Å². The van der Waals surface area contributed by atoms with E-state index in [0.29, 0.717) is 6.54 Å². The second kappa shape index (κ2) is 4.81. The van der Waals surface area contributed by atoms with Gasteiger partial charge in [0, 0.05) is 6.54 Å². The predicted octanol–water partition coefficient (Wildman–Crippen LogP) is 1.92. The second-order valence-electron chi connectivity index (χ2n) is 4.55. The number of nitrogens with zero attached hydrogens (tertiary/aromatic N) is 1. The topological polar surface area (TPSA) is 48.0 Å². The van der Waals surface area contributed by atoms with Gasteiger partial charge in [0.15, 0.2) is 6.23 Å². The molecule has 0 aliphatic carbocycles. The Labute approximate surface area is 90.2 Å². The van der Waals surface area contributed by atoms with Crippen molar-refractivity contribution < 1.29 is 19.3 Å². The van der Waals surface area contributed by atoms with E-state index in [0.717, 1.165) is 12.8 Å². The molecule has 0 saturated carbocycles. The van der Waals surface area contributed by atoms with Gasteiger partial charge in [-0.15, -0.1) is 0 Å². The van der Waals surface area contributed by atoms with Gasteiger partial charge in [-0.3, -0.25) is 4.90 Å². The molecule has 1 aliphatic rings. The van der Waals surface area contributed by atoms with Gasteiger partial charge in [0.25, 0.3) is 0 Å². The van der Waals surface area contributed by atoms with Crippen molar-refractivity contribution in [2.45, 2.75) is 45.4 Å². The maximum atomic E-state index is 11.3. The molecule has 1 heterocycles. The molecule has 0 spiro atoms. The molecular weight excluding hydrogens is 198 g/mol. The average molecular weight is 217 g/mol. The fourth-order valence-electron chi connectivity index (χ4n) is 1.36. The summed E-state index contributed by atoms with van der Waals surface area (Å²) in [6.07, 6.45) is 1.00. The molecule has 1 unspecified atom stereocenters. The standard InChI is InChI=1S/C10H19NO4/c1-10(2,3)15-14-8-6-5-7-11(8)9(12)13-4/h8H,5-7H2,1-4H3. The van der Waals surface area contributed by atoms with Crippen molar-refractivity contribution >= 4 is 6.09 Å². The fraction of sp³-hybridized carbons (Fsp3) is 0.900. The first-order valence-corrected chi connectivity index (χ1v) is 5.13. The van der Waals surface area contributed by atoms with Gasteiger partial charge in [-0.05, 0) is 33.6 Å². The van der Waals surface area contributed by atoms with E-state index in [9.17, 15) is 4.79 Å². The summed E-state index contributed by atoms with van der Waals surface area (Å²) < 4.78 is 4.65. The van der Waals surface area contributed by atoms with E-state index in [-0.39, 0.29) is 17.9 Å². The summed E-state index contributed by atoms with van der Waals surface area (Å²) in [5.41, 5.74) is -0.371. The molecule has 1 saturated heterocycles. The van der Waals surface area contributed by atoms with E-state index >= 15 is 0 Å².